The molecule has 0 spiro atoms. The average Bonchev–Trinajstić information content (AvgIpc) is 2.26. The minimum Gasteiger partial charge on any atom is -0.341 e. The van der Waals surface area contributed by atoms with Crippen LogP contribution in [0.1, 0.15) is 0 Å². The fraction of sp³-hybridized carbons (Fsp3) is 0.125. The summed E-state index contributed by atoms with van der Waals surface area (Å²) >= 11 is 6.30. The molecule has 1 rings (SSSR count). The predicted octanol–water partition coefficient (Wildman–Crippen LogP) is 1.45. The van der Waals surface area contributed by atoms with Gasteiger partial charge in [0.25, 0.3) is 5.69 Å². The van der Waals surface area contributed by atoms with Crippen molar-refractivity contribution in [3.05, 3.63) is 34.4 Å². The van der Waals surface area contributed by atoms with Crippen LogP contribution in [-0.2, 0) is 0 Å². The van der Waals surface area contributed by atoms with Gasteiger partial charge in [0.1, 0.15) is 4.32 Å². The van der Waals surface area contributed by atoms with Gasteiger partial charge in [0.05, 0.1) is 10.8 Å². The highest BCUT2D eigenvalue weighted by Crippen LogP contribution is 2.18. The van der Waals surface area contributed by atoms with Gasteiger partial charge in [-0.1, -0.05) is 30.0 Å². The summed E-state index contributed by atoms with van der Waals surface area (Å²) in [5, 5.41) is 13.4. The molecular formula is C8H10N4O2S2. The van der Waals surface area contributed by atoms with E-state index < -0.39 is 4.92 Å². The fourth-order valence-corrected chi connectivity index (χ4v) is 1.66. The van der Waals surface area contributed by atoms with Crippen molar-refractivity contribution in [2.24, 2.45) is 5.84 Å². The van der Waals surface area contributed by atoms with Crippen LogP contribution in [0.4, 0.5) is 11.4 Å². The molecule has 0 aliphatic carbocycles. The first-order chi connectivity index (χ1) is 7.63. The molecule has 1 aromatic rings. The number of benzene rings is 1. The number of nitrogens with zero attached hydrogens (tertiary/aromatic N) is 1. The molecule has 0 bridgehead atoms. The molecule has 8 heteroatoms. The molecule has 4 N–H and O–H groups in total. The topological polar surface area (TPSA) is 93.2 Å². The summed E-state index contributed by atoms with van der Waals surface area (Å²) < 4.78 is 0.499. The highest BCUT2D eigenvalue weighted by atomic mass is 32.2. The lowest BCUT2D eigenvalue weighted by molar-refractivity contribution is -0.384. The summed E-state index contributed by atoms with van der Waals surface area (Å²) in [6.45, 7) is 0. The first-order valence-electron chi connectivity index (χ1n) is 4.25. The van der Waals surface area contributed by atoms with Crippen molar-refractivity contribution < 1.29 is 4.92 Å². The van der Waals surface area contributed by atoms with Crippen LogP contribution < -0.4 is 16.6 Å². The maximum Gasteiger partial charge on any atom is 0.271 e. The summed E-state index contributed by atoms with van der Waals surface area (Å²) in [6, 6.07) is 6.14. The Hall–Kier alpha value is -1.22. The molecule has 0 radical (unpaired) electrons. The number of hydrogen-bond donors (Lipinski definition) is 3. The molecule has 0 fully saturated rings. The number of nitro groups is 1. The Bertz CT molecular complexity index is 399. The van der Waals surface area contributed by atoms with Gasteiger partial charge in [-0.3, -0.25) is 21.4 Å². The quantitative estimate of drug-likeness (QED) is 0.247. The Kier molecular flexibility index (Phi) is 5.12. The van der Waals surface area contributed by atoms with Crippen LogP contribution in [-0.4, -0.2) is 15.1 Å². The van der Waals surface area contributed by atoms with E-state index in [4.69, 9.17) is 18.1 Å². The third kappa shape index (κ3) is 4.11. The Morgan fingerprint density at radius 2 is 2.38 bits per heavy atom. The van der Waals surface area contributed by atoms with E-state index in [2.05, 4.69) is 10.7 Å². The van der Waals surface area contributed by atoms with E-state index >= 15 is 0 Å². The third-order valence-corrected chi connectivity index (χ3v) is 2.72. The van der Waals surface area contributed by atoms with E-state index in [0.29, 0.717) is 15.9 Å². The van der Waals surface area contributed by atoms with Crippen LogP contribution in [0.2, 0.25) is 0 Å². The molecule has 0 atom stereocenters. The van der Waals surface area contributed by atoms with Crippen LogP contribution in [0.15, 0.2) is 24.3 Å². The minimum atomic E-state index is -0.456. The highest BCUT2D eigenvalue weighted by molar-refractivity contribution is 8.23. The normalized spacial score (nSPS) is 9.81. The van der Waals surface area contributed by atoms with Gasteiger partial charge in [-0.2, -0.15) is 0 Å². The van der Waals surface area contributed by atoms with Gasteiger partial charge in [0.15, 0.2) is 0 Å². The van der Waals surface area contributed by atoms with E-state index in [0.717, 1.165) is 0 Å². The first kappa shape index (κ1) is 12.8. The molecule has 0 unspecified atom stereocenters. The van der Waals surface area contributed by atoms with Crippen molar-refractivity contribution in [3.63, 3.8) is 0 Å². The van der Waals surface area contributed by atoms with E-state index in [1.54, 1.807) is 12.1 Å². The highest BCUT2D eigenvalue weighted by Gasteiger charge is 2.06. The molecule has 0 aliphatic rings. The fourth-order valence-electron chi connectivity index (χ4n) is 0.958. The Balaban J connectivity index is 2.63. The van der Waals surface area contributed by atoms with Crippen molar-refractivity contribution in [2.45, 2.75) is 0 Å². The number of nitrogens with one attached hydrogen (secondary N) is 2. The van der Waals surface area contributed by atoms with Crippen molar-refractivity contribution in [1.29, 1.82) is 0 Å². The lowest BCUT2D eigenvalue weighted by Gasteiger charge is -2.06. The van der Waals surface area contributed by atoms with Crippen molar-refractivity contribution >= 4 is 39.7 Å². The summed E-state index contributed by atoms with van der Waals surface area (Å²) in [7, 11) is 0. The van der Waals surface area contributed by atoms with Gasteiger partial charge in [-0.05, 0) is 6.07 Å². The molecule has 0 saturated carbocycles. The first-order valence-corrected chi connectivity index (χ1v) is 5.64. The second-order valence-electron chi connectivity index (χ2n) is 2.71. The molecule has 0 aliphatic heterocycles. The summed E-state index contributed by atoms with van der Waals surface area (Å²) in [4.78, 5) is 10.1. The summed E-state index contributed by atoms with van der Waals surface area (Å²) in [5.41, 5.74) is 3.05. The van der Waals surface area contributed by atoms with Crippen molar-refractivity contribution in [1.82, 2.24) is 5.43 Å². The van der Waals surface area contributed by atoms with Crippen molar-refractivity contribution in [3.8, 4) is 0 Å². The maximum atomic E-state index is 10.5. The largest absolute Gasteiger partial charge is 0.341 e. The number of non-ortho nitro benzene ring substituents is 1. The molecule has 86 valence electrons. The molecule has 0 aromatic heterocycles. The van der Waals surface area contributed by atoms with Gasteiger partial charge in [0.2, 0.25) is 0 Å². The number of nitrogens with two attached hydrogens (primary N) is 1. The number of thiocarbonyl (C=S) groups is 1. The van der Waals surface area contributed by atoms with Crippen LogP contribution in [0.5, 0.6) is 0 Å². The molecule has 16 heavy (non-hydrogen) atoms. The van der Waals surface area contributed by atoms with E-state index in [1.807, 2.05) is 0 Å². The number of anilines is 1. The molecule has 0 saturated heterocycles. The lowest BCUT2D eigenvalue weighted by atomic mass is 10.3. The number of hydrogen-bond acceptors (Lipinski definition) is 6. The van der Waals surface area contributed by atoms with Gasteiger partial charge in [-0.15, -0.1) is 0 Å². The van der Waals surface area contributed by atoms with Gasteiger partial charge in [0, 0.05) is 17.8 Å². The van der Waals surface area contributed by atoms with E-state index in [9.17, 15) is 10.1 Å². The van der Waals surface area contributed by atoms with Crippen molar-refractivity contribution in [2.75, 3.05) is 11.2 Å². The zero-order valence-electron chi connectivity index (χ0n) is 8.17. The SMILES string of the molecule is NNCSC(=S)Nc1cccc([N+](=O)[O-])c1. The second-order valence-corrected chi connectivity index (χ2v) is 4.36. The molecule has 6 nitrogen and oxygen atoms in total. The minimum absolute atomic E-state index is 0.0229. The van der Waals surface area contributed by atoms with Gasteiger partial charge in [-0.25, -0.2) is 0 Å². The van der Waals surface area contributed by atoms with Gasteiger partial charge < -0.3 is 5.32 Å². The van der Waals surface area contributed by atoms with Crippen LogP contribution in [0, 0.1) is 10.1 Å². The van der Waals surface area contributed by atoms with Crippen LogP contribution in [0.3, 0.4) is 0 Å². The predicted molar refractivity (Wildman–Crippen MR) is 69.1 cm³/mol. The molecule has 0 heterocycles. The second kappa shape index (κ2) is 6.38. The Morgan fingerprint density at radius 1 is 1.62 bits per heavy atom. The van der Waals surface area contributed by atoms with E-state index in [-0.39, 0.29) is 5.69 Å². The zero-order valence-corrected chi connectivity index (χ0v) is 9.81. The van der Waals surface area contributed by atoms with Crippen LogP contribution in [0.25, 0.3) is 0 Å². The number of hydrazine groups is 1. The average molecular weight is 258 g/mol. The monoisotopic (exact) mass is 258 g/mol. The smallest absolute Gasteiger partial charge is 0.271 e. The van der Waals surface area contributed by atoms with Crippen LogP contribution >= 0.6 is 24.0 Å². The molecule has 1 aromatic carbocycles. The third-order valence-electron chi connectivity index (χ3n) is 1.59. The Morgan fingerprint density at radius 3 is 3.00 bits per heavy atom. The maximum absolute atomic E-state index is 10.5. The Labute approximate surface area is 102 Å². The standard InChI is InChI=1S/C8H10N4O2S2/c9-10-5-16-8(15)11-6-2-1-3-7(4-6)12(13)14/h1-4,10H,5,9H2,(H,11,15). The summed E-state index contributed by atoms with van der Waals surface area (Å²) in [6.07, 6.45) is 0. The number of thioether (sulfide) groups is 1. The summed E-state index contributed by atoms with van der Waals surface area (Å²) in [5.74, 6) is 5.56. The van der Waals surface area contributed by atoms with Gasteiger partial charge >= 0.3 is 0 Å². The molecule has 0 amide bonds. The zero-order chi connectivity index (χ0) is 12.0. The van der Waals surface area contributed by atoms with E-state index in [1.165, 1.54) is 23.9 Å². The lowest BCUT2D eigenvalue weighted by Crippen LogP contribution is -2.22. The number of nitro benzene ring substituents is 1. The molecular weight excluding hydrogens is 248 g/mol. The number of rotatable bonds is 4.